The minimum Gasteiger partial charge on any atom is -0.496 e. The van der Waals surface area contributed by atoms with Crippen LogP contribution < -0.4 is 10.5 Å². The Kier molecular flexibility index (Phi) is 4.43. The molecule has 0 spiro atoms. The summed E-state index contributed by atoms with van der Waals surface area (Å²) >= 11 is 0. The van der Waals surface area contributed by atoms with Crippen molar-refractivity contribution in [2.45, 2.75) is 26.3 Å². The van der Waals surface area contributed by atoms with Gasteiger partial charge in [0.05, 0.1) is 12.7 Å². The zero-order chi connectivity index (χ0) is 13.8. The molecule has 1 fully saturated rings. The molecule has 2 rings (SSSR count). The topological polar surface area (TPSA) is 62.3 Å². The van der Waals surface area contributed by atoms with Crippen molar-refractivity contribution in [3.63, 3.8) is 0 Å². The molecule has 104 valence electrons. The number of nitrogen functional groups attached to an aromatic ring is 1. The van der Waals surface area contributed by atoms with Gasteiger partial charge in [-0.1, -0.05) is 13.0 Å². The van der Waals surface area contributed by atoms with Crippen molar-refractivity contribution in [1.29, 1.82) is 5.41 Å². The van der Waals surface area contributed by atoms with Crippen LogP contribution in [0.4, 0.5) is 0 Å². The lowest BCUT2D eigenvalue weighted by atomic mass is 9.99. The van der Waals surface area contributed by atoms with E-state index in [1.165, 1.54) is 24.9 Å². The number of ether oxygens (including phenoxy) is 1. The Labute approximate surface area is 115 Å². The Morgan fingerprint density at radius 2 is 2.32 bits per heavy atom. The average molecular weight is 261 g/mol. The maximum absolute atomic E-state index is 7.52. The van der Waals surface area contributed by atoms with Gasteiger partial charge in [-0.15, -0.1) is 0 Å². The van der Waals surface area contributed by atoms with Crippen molar-refractivity contribution in [1.82, 2.24) is 4.90 Å². The lowest BCUT2D eigenvalue weighted by Crippen LogP contribution is -2.33. The predicted octanol–water partition coefficient (Wildman–Crippen LogP) is 2.21. The fourth-order valence-electron chi connectivity index (χ4n) is 2.75. The maximum Gasteiger partial charge on any atom is 0.130 e. The maximum atomic E-state index is 7.52. The van der Waals surface area contributed by atoms with Gasteiger partial charge in [0.2, 0.25) is 0 Å². The van der Waals surface area contributed by atoms with Gasteiger partial charge >= 0.3 is 0 Å². The highest BCUT2D eigenvalue weighted by atomic mass is 16.5. The van der Waals surface area contributed by atoms with Gasteiger partial charge in [-0.2, -0.15) is 0 Å². The first-order chi connectivity index (χ1) is 9.10. The summed E-state index contributed by atoms with van der Waals surface area (Å²) in [7, 11) is 1.62. The van der Waals surface area contributed by atoms with Crippen molar-refractivity contribution in [3.05, 3.63) is 29.3 Å². The Bertz CT molecular complexity index is 459. The summed E-state index contributed by atoms with van der Waals surface area (Å²) in [6, 6.07) is 5.92. The third kappa shape index (κ3) is 3.47. The number of amidine groups is 1. The zero-order valence-corrected chi connectivity index (χ0v) is 11.8. The molecule has 1 aromatic carbocycles. The molecule has 4 heteroatoms. The van der Waals surface area contributed by atoms with Gasteiger partial charge in [0.25, 0.3) is 0 Å². The number of nitrogens with zero attached hydrogens (tertiary/aromatic N) is 1. The van der Waals surface area contributed by atoms with Crippen LogP contribution in [0.15, 0.2) is 18.2 Å². The molecule has 3 N–H and O–H groups in total. The molecule has 1 atom stereocenters. The van der Waals surface area contributed by atoms with Crippen LogP contribution in [0.5, 0.6) is 5.75 Å². The van der Waals surface area contributed by atoms with Crippen LogP contribution in [0.25, 0.3) is 0 Å². The first-order valence-electron chi connectivity index (χ1n) is 6.84. The first-order valence-corrected chi connectivity index (χ1v) is 6.84. The molecule has 0 aromatic heterocycles. The Morgan fingerprint density at radius 1 is 1.53 bits per heavy atom. The van der Waals surface area contributed by atoms with Crippen molar-refractivity contribution in [3.8, 4) is 5.75 Å². The quantitative estimate of drug-likeness (QED) is 0.645. The second-order valence-electron chi connectivity index (χ2n) is 5.43. The smallest absolute Gasteiger partial charge is 0.130 e. The number of rotatable bonds is 4. The van der Waals surface area contributed by atoms with E-state index in [2.05, 4.69) is 11.8 Å². The minimum atomic E-state index is 0.0509. The van der Waals surface area contributed by atoms with E-state index in [9.17, 15) is 0 Å². The summed E-state index contributed by atoms with van der Waals surface area (Å²) < 4.78 is 5.32. The molecule has 19 heavy (non-hydrogen) atoms. The Morgan fingerprint density at radius 3 is 2.95 bits per heavy atom. The molecule has 0 saturated carbocycles. The molecule has 4 nitrogen and oxygen atoms in total. The standard InChI is InChI=1S/C15H23N3O/c1-11-4-3-7-18(9-11)10-12-5-6-13(15(16)17)14(8-12)19-2/h5-6,8,11H,3-4,7,9-10H2,1-2H3,(H3,16,17). The zero-order valence-electron chi connectivity index (χ0n) is 11.8. The summed E-state index contributed by atoms with van der Waals surface area (Å²) in [4.78, 5) is 2.48. The highest BCUT2D eigenvalue weighted by Gasteiger charge is 2.17. The summed E-state index contributed by atoms with van der Waals surface area (Å²) in [5.74, 6) is 1.53. The van der Waals surface area contributed by atoms with E-state index in [1.807, 2.05) is 18.2 Å². The fourth-order valence-corrected chi connectivity index (χ4v) is 2.75. The Hall–Kier alpha value is -1.55. The van der Waals surface area contributed by atoms with Crippen molar-refractivity contribution < 1.29 is 4.74 Å². The van der Waals surface area contributed by atoms with Gasteiger partial charge < -0.3 is 10.5 Å². The second-order valence-corrected chi connectivity index (χ2v) is 5.43. The largest absolute Gasteiger partial charge is 0.496 e. The number of nitrogens with one attached hydrogen (secondary N) is 1. The van der Waals surface area contributed by atoms with Gasteiger partial charge in [-0.25, -0.2) is 0 Å². The van der Waals surface area contributed by atoms with Crippen LogP contribution in [0.3, 0.4) is 0 Å². The molecule has 1 aromatic rings. The van der Waals surface area contributed by atoms with Crippen LogP contribution in [-0.2, 0) is 6.54 Å². The summed E-state index contributed by atoms with van der Waals surface area (Å²) in [5, 5.41) is 7.52. The van der Waals surface area contributed by atoms with Crippen LogP contribution in [0.1, 0.15) is 30.9 Å². The number of nitrogens with two attached hydrogens (primary N) is 1. The van der Waals surface area contributed by atoms with Crippen molar-refractivity contribution in [2.24, 2.45) is 11.7 Å². The van der Waals surface area contributed by atoms with E-state index in [0.717, 1.165) is 19.0 Å². The first kappa shape index (κ1) is 13.9. The summed E-state index contributed by atoms with van der Waals surface area (Å²) in [5.41, 5.74) is 7.42. The number of methoxy groups -OCH3 is 1. The molecule has 1 unspecified atom stereocenters. The monoisotopic (exact) mass is 261 g/mol. The molecule has 1 aliphatic heterocycles. The van der Waals surface area contributed by atoms with E-state index in [4.69, 9.17) is 15.9 Å². The van der Waals surface area contributed by atoms with E-state index in [0.29, 0.717) is 11.3 Å². The van der Waals surface area contributed by atoms with Gasteiger partial charge in [-0.05, 0) is 43.0 Å². The number of hydrogen-bond donors (Lipinski definition) is 2. The van der Waals surface area contributed by atoms with E-state index >= 15 is 0 Å². The third-order valence-electron chi connectivity index (χ3n) is 3.70. The minimum absolute atomic E-state index is 0.0509. The summed E-state index contributed by atoms with van der Waals surface area (Å²) in [6.45, 7) is 5.59. The van der Waals surface area contributed by atoms with Gasteiger partial charge in [0.1, 0.15) is 11.6 Å². The third-order valence-corrected chi connectivity index (χ3v) is 3.70. The van der Waals surface area contributed by atoms with Crippen LogP contribution in [0.2, 0.25) is 0 Å². The average Bonchev–Trinajstić information content (AvgIpc) is 2.38. The number of piperidine rings is 1. The second kappa shape index (κ2) is 6.06. The molecule has 0 amide bonds. The van der Waals surface area contributed by atoms with Crippen molar-refractivity contribution >= 4 is 5.84 Å². The predicted molar refractivity (Wildman–Crippen MR) is 77.7 cm³/mol. The molecular formula is C15H23N3O. The molecule has 0 aliphatic carbocycles. The van der Waals surface area contributed by atoms with E-state index in [-0.39, 0.29) is 5.84 Å². The van der Waals surface area contributed by atoms with E-state index < -0.39 is 0 Å². The van der Waals surface area contributed by atoms with E-state index in [1.54, 1.807) is 7.11 Å². The highest BCUT2D eigenvalue weighted by molar-refractivity contribution is 5.97. The van der Waals surface area contributed by atoms with Gasteiger partial charge in [0, 0.05) is 13.1 Å². The molecular weight excluding hydrogens is 238 g/mol. The Balaban J connectivity index is 2.10. The normalized spacial score (nSPS) is 20.2. The highest BCUT2D eigenvalue weighted by Crippen LogP contribution is 2.23. The molecule has 1 aliphatic rings. The number of benzene rings is 1. The number of likely N-dealkylation sites (tertiary alicyclic amines) is 1. The molecule has 1 heterocycles. The van der Waals surface area contributed by atoms with Crippen LogP contribution >= 0.6 is 0 Å². The molecule has 0 bridgehead atoms. The molecule has 0 radical (unpaired) electrons. The fraction of sp³-hybridized carbons (Fsp3) is 0.533. The molecule has 1 saturated heterocycles. The SMILES string of the molecule is COc1cc(CN2CCCC(C)C2)ccc1C(=N)N. The van der Waals surface area contributed by atoms with Gasteiger partial charge in [0.15, 0.2) is 0 Å². The number of hydrogen-bond acceptors (Lipinski definition) is 3. The van der Waals surface area contributed by atoms with Gasteiger partial charge in [-0.3, -0.25) is 10.3 Å². The lowest BCUT2D eigenvalue weighted by molar-refractivity contribution is 0.176. The lowest BCUT2D eigenvalue weighted by Gasteiger charge is -2.30. The van der Waals surface area contributed by atoms with Crippen molar-refractivity contribution in [2.75, 3.05) is 20.2 Å². The summed E-state index contributed by atoms with van der Waals surface area (Å²) in [6.07, 6.45) is 2.62. The van der Waals surface area contributed by atoms with Crippen LogP contribution in [-0.4, -0.2) is 30.9 Å². The van der Waals surface area contributed by atoms with Crippen LogP contribution in [0, 0.1) is 11.3 Å².